The Bertz CT molecular complexity index is 646. The fourth-order valence-corrected chi connectivity index (χ4v) is 4.70. The number of aliphatic hydroxyl groups is 1. The van der Waals surface area contributed by atoms with E-state index < -0.39 is 5.60 Å². The summed E-state index contributed by atoms with van der Waals surface area (Å²) in [5, 5.41) is 17.7. The molecule has 0 aromatic heterocycles. The second kappa shape index (κ2) is 7.39. The van der Waals surface area contributed by atoms with Gasteiger partial charge in [0.05, 0.1) is 17.3 Å². The number of nitrogens with zero attached hydrogens (tertiary/aromatic N) is 3. The van der Waals surface area contributed by atoms with Gasteiger partial charge in [0.1, 0.15) is 0 Å². The van der Waals surface area contributed by atoms with Crippen molar-refractivity contribution in [3.05, 3.63) is 30.3 Å². The minimum atomic E-state index is -0.697. The highest BCUT2D eigenvalue weighted by Crippen LogP contribution is 2.34. The summed E-state index contributed by atoms with van der Waals surface area (Å²) >= 11 is 0. The van der Waals surface area contributed by atoms with E-state index in [9.17, 15) is 9.90 Å². The van der Waals surface area contributed by atoms with Crippen molar-refractivity contribution in [1.82, 2.24) is 4.90 Å². The highest BCUT2D eigenvalue weighted by Gasteiger charge is 2.39. The Hall–Kier alpha value is -1.88. The van der Waals surface area contributed by atoms with E-state index in [1.807, 2.05) is 34.3 Å². The van der Waals surface area contributed by atoms with Gasteiger partial charge in [-0.1, -0.05) is 31.0 Å². The van der Waals surface area contributed by atoms with Gasteiger partial charge in [-0.15, -0.1) is 0 Å². The molecule has 1 aromatic rings. The van der Waals surface area contributed by atoms with E-state index in [2.05, 4.69) is 17.2 Å². The molecule has 0 spiro atoms. The van der Waals surface area contributed by atoms with Crippen LogP contribution in [-0.2, 0) is 4.79 Å². The molecular weight excluding hydrogens is 326 g/mol. The Morgan fingerprint density at radius 2 is 1.85 bits per heavy atom. The zero-order valence-electron chi connectivity index (χ0n) is 15.4. The number of likely N-dealkylation sites (tertiary alicyclic amines) is 1. The summed E-state index contributed by atoms with van der Waals surface area (Å²) in [5.74, 6) is 0.553. The number of anilines is 1. The standard InChI is InChI=1S/C21H29N3O2/c25-20(17-6-4-5-7-17)23-14-11-21(26,12-15-23)16-19-10-13-22-24(19)18-8-2-1-3-9-18/h1-3,8-9,13,17,19,26H,4-7,10-12,14-16H2. The molecule has 2 aliphatic heterocycles. The van der Waals surface area contributed by atoms with Gasteiger partial charge in [-0.05, 0) is 44.2 Å². The first-order chi connectivity index (χ1) is 12.6. The Kier molecular flexibility index (Phi) is 4.98. The lowest BCUT2D eigenvalue weighted by Gasteiger charge is -2.41. The van der Waals surface area contributed by atoms with E-state index in [1.165, 1.54) is 12.8 Å². The van der Waals surface area contributed by atoms with Crippen LogP contribution >= 0.6 is 0 Å². The summed E-state index contributed by atoms with van der Waals surface area (Å²) in [6.45, 7) is 1.37. The van der Waals surface area contributed by atoms with Crippen LogP contribution in [0.2, 0.25) is 0 Å². The van der Waals surface area contributed by atoms with E-state index in [0.29, 0.717) is 38.3 Å². The van der Waals surface area contributed by atoms with Gasteiger partial charge in [0.15, 0.2) is 0 Å². The summed E-state index contributed by atoms with van der Waals surface area (Å²) < 4.78 is 0. The molecule has 0 bridgehead atoms. The molecule has 4 rings (SSSR count). The van der Waals surface area contributed by atoms with Gasteiger partial charge >= 0.3 is 0 Å². The third-order valence-electron chi connectivity index (χ3n) is 6.28. The van der Waals surface area contributed by atoms with Gasteiger partial charge in [-0.25, -0.2) is 0 Å². The molecule has 1 unspecified atom stereocenters. The monoisotopic (exact) mass is 355 g/mol. The number of benzene rings is 1. The van der Waals surface area contributed by atoms with E-state index in [1.54, 1.807) is 0 Å². The number of hydrazone groups is 1. The highest BCUT2D eigenvalue weighted by atomic mass is 16.3. The van der Waals surface area contributed by atoms with Gasteiger partial charge in [-0.2, -0.15) is 5.10 Å². The largest absolute Gasteiger partial charge is 0.390 e. The number of hydrogen-bond acceptors (Lipinski definition) is 4. The molecule has 3 aliphatic rings. The molecule has 5 heteroatoms. The minimum absolute atomic E-state index is 0.194. The number of hydrogen-bond donors (Lipinski definition) is 1. The predicted molar refractivity (Wildman–Crippen MR) is 103 cm³/mol. The predicted octanol–water partition coefficient (Wildman–Crippen LogP) is 3.18. The van der Waals surface area contributed by atoms with Gasteiger partial charge in [0, 0.05) is 31.6 Å². The number of piperidine rings is 1. The lowest BCUT2D eigenvalue weighted by molar-refractivity contribution is -0.139. The molecule has 1 aromatic carbocycles. The second-order valence-corrected chi connectivity index (χ2v) is 8.10. The molecule has 2 fully saturated rings. The molecule has 0 radical (unpaired) electrons. The molecule has 1 N–H and O–H groups in total. The van der Waals surface area contributed by atoms with Gasteiger partial charge in [0.25, 0.3) is 0 Å². The summed E-state index contributed by atoms with van der Waals surface area (Å²) in [7, 11) is 0. The van der Waals surface area contributed by atoms with Crippen molar-refractivity contribution in [1.29, 1.82) is 0 Å². The summed E-state index contributed by atoms with van der Waals surface area (Å²) in [6, 6.07) is 10.3. The number of amides is 1. The van der Waals surface area contributed by atoms with E-state index in [-0.39, 0.29) is 12.0 Å². The van der Waals surface area contributed by atoms with Crippen LogP contribution in [0.3, 0.4) is 0 Å². The summed E-state index contributed by atoms with van der Waals surface area (Å²) in [6.07, 6.45) is 9.32. The molecule has 1 saturated carbocycles. The molecule has 140 valence electrons. The van der Waals surface area contributed by atoms with Crippen molar-refractivity contribution in [2.45, 2.75) is 63.0 Å². The Morgan fingerprint density at radius 1 is 1.15 bits per heavy atom. The molecule has 1 amide bonds. The molecular formula is C21H29N3O2. The van der Waals surface area contributed by atoms with Crippen molar-refractivity contribution in [2.75, 3.05) is 18.1 Å². The SMILES string of the molecule is O=C(C1CCCC1)N1CCC(O)(CC2CC=NN2c2ccccc2)CC1. The van der Waals surface area contributed by atoms with E-state index in [0.717, 1.165) is 24.9 Å². The van der Waals surface area contributed by atoms with Crippen molar-refractivity contribution >= 4 is 17.8 Å². The lowest BCUT2D eigenvalue weighted by Crippen LogP contribution is -2.50. The van der Waals surface area contributed by atoms with Crippen LogP contribution in [0.15, 0.2) is 35.4 Å². The molecule has 1 atom stereocenters. The number of carbonyl (C=O) groups excluding carboxylic acids is 1. The maximum atomic E-state index is 12.6. The maximum Gasteiger partial charge on any atom is 0.225 e. The zero-order chi connectivity index (χ0) is 18.0. The number of para-hydroxylation sites is 1. The van der Waals surface area contributed by atoms with Crippen LogP contribution < -0.4 is 5.01 Å². The molecule has 2 heterocycles. The lowest BCUT2D eigenvalue weighted by atomic mass is 9.84. The van der Waals surface area contributed by atoms with Crippen molar-refractivity contribution in [3.8, 4) is 0 Å². The maximum absolute atomic E-state index is 12.6. The van der Waals surface area contributed by atoms with E-state index >= 15 is 0 Å². The van der Waals surface area contributed by atoms with Crippen LogP contribution in [-0.4, -0.2) is 46.9 Å². The van der Waals surface area contributed by atoms with Crippen molar-refractivity contribution in [3.63, 3.8) is 0 Å². The Balaban J connectivity index is 1.34. The third kappa shape index (κ3) is 3.63. The normalized spacial score (nSPS) is 25.8. The van der Waals surface area contributed by atoms with Gasteiger partial charge < -0.3 is 10.0 Å². The fourth-order valence-electron chi connectivity index (χ4n) is 4.70. The smallest absolute Gasteiger partial charge is 0.225 e. The fraction of sp³-hybridized carbons (Fsp3) is 0.619. The topological polar surface area (TPSA) is 56.1 Å². The van der Waals surface area contributed by atoms with Gasteiger partial charge in [0.2, 0.25) is 5.91 Å². The molecule has 5 nitrogen and oxygen atoms in total. The Morgan fingerprint density at radius 3 is 2.54 bits per heavy atom. The first kappa shape index (κ1) is 17.5. The molecule has 26 heavy (non-hydrogen) atoms. The third-order valence-corrected chi connectivity index (χ3v) is 6.28. The quantitative estimate of drug-likeness (QED) is 0.902. The van der Waals surface area contributed by atoms with Crippen LogP contribution in [0.25, 0.3) is 0 Å². The summed E-state index contributed by atoms with van der Waals surface area (Å²) in [5.41, 5.74) is 0.376. The number of rotatable bonds is 4. The number of carbonyl (C=O) groups is 1. The van der Waals surface area contributed by atoms with Crippen LogP contribution in [0.5, 0.6) is 0 Å². The van der Waals surface area contributed by atoms with E-state index in [4.69, 9.17) is 0 Å². The average Bonchev–Trinajstić information content (AvgIpc) is 3.34. The summed E-state index contributed by atoms with van der Waals surface area (Å²) in [4.78, 5) is 14.6. The first-order valence-electron chi connectivity index (χ1n) is 10.0. The van der Waals surface area contributed by atoms with Gasteiger partial charge in [-0.3, -0.25) is 9.80 Å². The van der Waals surface area contributed by atoms with Crippen LogP contribution in [0.4, 0.5) is 5.69 Å². The average molecular weight is 355 g/mol. The second-order valence-electron chi connectivity index (χ2n) is 8.10. The Labute approximate surface area is 155 Å². The molecule has 1 saturated heterocycles. The highest BCUT2D eigenvalue weighted by molar-refractivity contribution is 5.79. The van der Waals surface area contributed by atoms with Crippen LogP contribution in [0.1, 0.15) is 51.4 Å². The molecule has 1 aliphatic carbocycles. The first-order valence-corrected chi connectivity index (χ1v) is 10.0. The van der Waals surface area contributed by atoms with Crippen LogP contribution in [0, 0.1) is 5.92 Å². The minimum Gasteiger partial charge on any atom is -0.390 e. The van der Waals surface area contributed by atoms with Crippen molar-refractivity contribution < 1.29 is 9.90 Å². The van der Waals surface area contributed by atoms with Crippen molar-refractivity contribution in [2.24, 2.45) is 11.0 Å². The zero-order valence-corrected chi connectivity index (χ0v) is 15.4.